The summed E-state index contributed by atoms with van der Waals surface area (Å²) in [6.45, 7) is 3.93. The lowest BCUT2D eigenvalue weighted by Crippen LogP contribution is -2.47. The molecular weight excluding hydrogens is 567 g/mol. The van der Waals surface area contributed by atoms with Gasteiger partial charge in [0, 0.05) is 54.6 Å². The molecule has 2 aliphatic heterocycles. The Bertz CT molecular complexity index is 1450. The van der Waals surface area contributed by atoms with Gasteiger partial charge in [-0.1, -0.05) is 19.4 Å². The van der Waals surface area contributed by atoms with Crippen molar-refractivity contribution in [3.63, 3.8) is 0 Å². The minimum absolute atomic E-state index is 0.101. The van der Waals surface area contributed by atoms with Crippen LogP contribution >= 0.6 is 0 Å². The molecule has 0 unspecified atom stereocenters. The largest absolute Gasteiger partial charge is 0.488 e. The summed E-state index contributed by atoms with van der Waals surface area (Å²) in [5.41, 5.74) is 2.19. The van der Waals surface area contributed by atoms with Crippen LogP contribution in [0, 0.1) is 5.82 Å². The van der Waals surface area contributed by atoms with Gasteiger partial charge >= 0.3 is 6.09 Å². The highest BCUT2D eigenvalue weighted by atomic mass is 19.3. The van der Waals surface area contributed by atoms with E-state index in [9.17, 15) is 22.8 Å². The van der Waals surface area contributed by atoms with Crippen molar-refractivity contribution in [3.8, 4) is 17.0 Å². The van der Waals surface area contributed by atoms with Gasteiger partial charge < -0.3 is 34.7 Å². The molecule has 0 bridgehead atoms. The first-order chi connectivity index (χ1) is 20.9. The van der Waals surface area contributed by atoms with Crippen LogP contribution in [0.3, 0.4) is 0 Å². The third-order valence-electron chi connectivity index (χ3n) is 7.30. The molecule has 2 aliphatic rings. The average molecular weight is 602 g/mol. The van der Waals surface area contributed by atoms with Gasteiger partial charge in [0.2, 0.25) is 6.43 Å². The number of nitrogens with zero attached hydrogens (tertiary/aromatic N) is 2. The number of nitrogens with one attached hydrogen (secondary N) is 3. The van der Waals surface area contributed by atoms with Gasteiger partial charge in [-0.3, -0.25) is 9.78 Å². The van der Waals surface area contributed by atoms with Gasteiger partial charge in [-0.25, -0.2) is 18.0 Å². The van der Waals surface area contributed by atoms with E-state index in [2.05, 4.69) is 20.6 Å². The number of rotatable bonds is 11. The van der Waals surface area contributed by atoms with Crippen molar-refractivity contribution >= 4 is 23.4 Å². The van der Waals surface area contributed by atoms with Gasteiger partial charge in [0.05, 0.1) is 42.9 Å². The number of unbranched alkanes of at least 4 members (excludes halogenated alkanes) is 1. The number of alkyl halides is 2. The lowest BCUT2D eigenvalue weighted by Gasteiger charge is -2.32. The molecule has 3 N–H and O–H groups in total. The number of aromatic nitrogens is 2. The smallest absolute Gasteiger partial charge is 0.409 e. The maximum Gasteiger partial charge on any atom is 0.409 e. The summed E-state index contributed by atoms with van der Waals surface area (Å²) in [7, 11) is 0. The number of ether oxygens (including phenoxy) is 3. The second-order valence-electron chi connectivity index (χ2n) is 10.3. The van der Waals surface area contributed by atoms with Gasteiger partial charge in [0.1, 0.15) is 24.3 Å². The van der Waals surface area contributed by atoms with Crippen LogP contribution in [-0.2, 0) is 22.3 Å². The minimum Gasteiger partial charge on any atom is -0.488 e. The molecule has 0 aliphatic carbocycles. The van der Waals surface area contributed by atoms with Crippen LogP contribution in [0.1, 0.15) is 41.4 Å². The molecule has 4 heterocycles. The van der Waals surface area contributed by atoms with E-state index in [1.165, 1.54) is 18.3 Å². The summed E-state index contributed by atoms with van der Waals surface area (Å²) in [6.07, 6.45) is 0.914. The standard InChI is InChI=1S/C30H34F3N5O5/c1-2-3-12-42-30(40)38-11-13-41-18(16-38)17-43-24-15-34-9-7-19(24)27-28(26-23(37-27)8-10-35-29(26)39)36-22-6-4-5-21(31)20(22)14-25(32)33/h4-7,9,15,18,25,36-37H,2-3,8,10-14,16-17H2,1H3,(H,35,39)/t18-/m0/s1. The van der Waals surface area contributed by atoms with Crippen LogP contribution in [0.2, 0.25) is 0 Å². The normalized spacial score (nSPS) is 16.5. The predicted octanol–water partition coefficient (Wildman–Crippen LogP) is 5.07. The Morgan fingerprint density at radius 3 is 2.98 bits per heavy atom. The van der Waals surface area contributed by atoms with E-state index in [0.29, 0.717) is 66.7 Å². The minimum atomic E-state index is -2.77. The van der Waals surface area contributed by atoms with Crippen LogP contribution in [0.25, 0.3) is 11.3 Å². The van der Waals surface area contributed by atoms with Crippen LogP contribution in [-0.4, -0.2) is 78.9 Å². The van der Waals surface area contributed by atoms with Crippen LogP contribution in [0.5, 0.6) is 5.75 Å². The van der Waals surface area contributed by atoms with E-state index in [1.54, 1.807) is 17.2 Å². The third kappa shape index (κ3) is 7.04. The van der Waals surface area contributed by atoms with Crippen molar-refractivity contribution in [2.45, 2.75) is 45.1 Å². The molecule has 1 atom stereocenters. The van der Waals surface area contributed by atoms with Crippen molar-refractivity contribution in [3.05, 3.63) is 59.3 Å². The SMILES string of the molecule is CCCCOC(=O)N1CCO[C@H](COc2cnccc2-c2[nH]c3c(c2Nc2cccc(F)c2CC(F)F)C(=O)NCC3)C1. The first-order valence-corrected chi connectivity index (χ1v) is 14.3. The summed E-state index contributed by atoms with van der Waals surface area (Å²) in [6, 6.07) is 5.73. The molecule has 43 heavy (non-hydrogen) atoms. The van der Waals surface area contributed by atoms with Gasteiger partial charge in [-0.2, -0.15) is 0 Å². The van der Waals surface area contributed by atoms with Gasteiger partial charge in [0.25, 0.3) is 5.91 Å². The van der Waals surface area contributed by atoms with Crippen LogP contribution in [0.15, 0.2) is 36.7 Å². The van der Waals surface area contributed by atoms with Crippen molar-refractivity contribution < 1.29 is 37.0 Å². The number of hydrogen-bond acceptors (Lipinski definition) is 7. The second kappa shape index (κ2) is 13.8. The summed E-state index contributed by atoms with van der Waals surface area (Å²) in [5.74, 6) is -0.761. The molecular formula is C30H34F3N5O5. The number of aromatic amines is 1. The average Bonchev–Trinajstić information content (AvgIpc) is 3.37. The molecule has 2 amide bonds. The molecule has 1 fully saturated rings. The van der Waals surface area contributed by atoms with Crippen molar-refractivity contribution in [1.29, 1.82) is 0 Å². The molecule has 5 rings (SSSR count). The number of halogens is 3. The Morgan fingerprint density at radius 2 is 2.16 bits per heavy atom. The van der Waals surface area contributed by atoms with E-state index in [0.717, 1.165) is 18.9 Å². The van der Waals surface area contributed by atoms with Gasteiger partial charge in [-0.05, 0) is 24.6 Å². The molecule has 3 aromatic rings. The molecule has 1 saturated heterocycles. The number of fused-ring (bicyclic) bond motifs is 1. The highest BCUT2D eigenvalue weighted by molar-refractivity contribution is 6.06. The lowest BCUT2D eigenvalue weighted by molar-refractivity contribution is -0.0451. The molecule has 0 saturated carbocycles. The summed E-state index contributed by atoms with van der Waals surface area (Å²) in [5, 5.41) is 5.88. The Balaban J connectivity index is 1.41. The van der Waals surface area contributed by atoms with Crippen LogP contribution < -0.4 is 15.4 Å². The van der Waals surface area contributed by atoms with Crippen molar-refractivity contribution in [2.24, 2.45) is 0 Å². The topological polar surface area (TPSA) is 118 Å². The maximum atomic E-state index is 14.6. The number of morpholine rings is 1. The maximum absolute atomic E-state index is 14.6. The molecule has 13 heteroatoms. The number of H-pyrrole nitrogens is 1. The number of carbonyl (C=O) groups is 2. The van der Waals surface area contributed by atoms with Gasteiger partial charge in [-0.15, -0.1) is 0 Å². The fourth-order valence-electron chi connectivity index (χ4n) is 5.14. The quantitative estimate of drug-likeness (QED) is 0.263. The summed E-state index contributed by atoms with van der Waals surface area (Å²) < 4.78 is 58.6. The zero-order valence-corrected chi connectivity index (χ0v) is 23.8. The Labute approximate surface area is 246 Å². The number of benzene rings is 1. The highest BCUT2D eigenvalue weighted by Gasteiger charge is 2.30. The summed E-state index contributed by atoms with van der Waals surface area (Å²) in [4.78, 5) is 34.5. The van der Waals surface area contributed by atoms with Crippen molar-refractivity contribution in [1.82, 2.24) is 20.2 Å². The second-order valence-corrected chi connectivity index (χ2v) is 10.3. The Kier molecular flexibility index (Phi) is 9.70. The molecule has 0 spiro atoms. The molecule has 10 nitrogen and oxygen atoms in total. The first-order valence-electron chi connectivity index (χ1n) is 14.3. The molecule has 1 aromatic carbocycles. The Hall–Kier alpha value is -4.26. The molecule has 0 radical (unpaired) electrons. The van der Waals surface area contributed by atoms with E-state index < -0.39 is 30.9 Å². The number of carbonyl (C=O) groups excluding carboxylic acids is 2. The fraction of sp³-hybridized carbons (Fsp3) is 0.433. The number of hydrogen-bond donors (Lipinski definition) is 3. The predicted molar refractivity (Wildman–Crippen MR) is 153 cm³/mol. The lowest BCUT2D eigenvalue weighted by atomic mass is 10.0. The molecule has 230 valence electrons. The zero-order chi connectivity index (χ0) is 30.3. The monoisotopic (exact) mass is 601 g/mol. The third-order valence-corrected chi connectivity index (χ3v) is 7.30. The molecule has 2 aromatic heterocycles. The highest BCUT2D eigenvalue weighted by Crippen LogP contribution is 2.41. The number of pyridine rings is 1. The number of amides is 2. The fourth-order valence-corrected chi connectivity index (χ4v) is 5.14. The van der Waals surface area contributed by atoms with Crippen LogP contribution in [0.4, 0.5) is 29.3 Å². The Morgan fingerprint density at radius 1 is 1.30 bits per heavy atom. The van der Waals surface area contributed by atoms with E-state index >= 15 is 0 Å². The van der Waals surface area contributed by atoms with Gasteiger partial charge in [0.15, 0.2) is 0 Å². The first kappa shape index (κ1) is 30.2. The van der Waals surface area contributed by atoms with E-state index in [-0.39, 0.29) is 30.3 Å². The van der Waals surface area contributed by atoms with Crippen molar-refractivity contribution in [2.75, 3.05) is 44.8 Å². The van der Waals surface area contributed by atoms with E-state index in [4.69, 9.17) is 14.2 Å². The summed E-state index contributed by atoms with van der Waals surface area (Å²) >= 11 is 0. The van der Waals surface area contributed by atoms with E-state index in [1.807, 2.05) is 6.92 Å². The number of anilines is 2. The zero-order valence-electron chi connectivity index (χ0n) is 23.8.